The molecule has 3 nitrogen and oxygen atoms in total. The molecule has 3 heteroatoms. The van der Waals surface area contributed by atoms with E-state index in [4.69, 9.17) is 0 Å². The van der Waals surface area contributed by atoms with Crippen LogP contribution in [0.5, 0.6) is 0 Å². The summed E-state index contributed by atoms with van der Waals surface area (Å²) in [6.45, 7) is 14.3. The molecule has 2 rings (SSSR count). The van der Waals surface area contributed by atoms with E-state index in [0.29, 0.717) is 17.5 Å². The Morgan fingerprint density at radius 1 is 1.11 bits per heavy atom. The van der Waals surface area contributed by atoms with Gasteiger partial charge in [0, 0.05) is 31.2 Å². The number of nitrogens with one attached hydrogen (secondary N) is 1. The number of likely N-dealkylation sites (tertiary alicyclic amines) is 1. The van der Waals surface area contributed by atoms with Gasteiger partial charge >= 0.3 is 0 Å². The predicted octanol–water partition coefficient (Wildman–Crippen LogP) is 1.79. The van der Waals surface area contributed by atoms with Crippen molar-refractivity contribution >= 4 is 0 Å². The fourth-order valence-electron chi connectivity index (χ4n) is 3.30. The molecule has 0 aromatic rings. The van der Waals surface area contributed by atoms with Gasteiger partial charge in [-0.3, -0.25) is 4.90 Å². The van der Waals surface area contributed by atoms with E-state index >= 15 is 0 Å². The van der Waals surface area contributed by atoms with E-state index in [1.54, 1.807) is 0 Å². The molecule has 0 aliphatic carbocycles. The highest BCUT2D eigenvalue weighted by molar-refractivity contribution is 4.94. The largest absolute Gasteiger partial charge is 0.311 e. The summed E-state index contributed by atoms with van der Waals surface area (Å²) in [6, 6.07) is 2.13. The van der Waals surface area contributed by atoms with Crippen molar-refractivity contribution in [3.8, 4) is 0 Å². The maximum atomic E-state index is 3.73. The van der Waals surface area contributed by atoms with Gasteiger partial charge in [0.2, 0.25) is 0 Å². The van der Waals surface area contributed by atoms with Crippen LogP contribution in [0.4, 0.5) is 0 Å². The lowest BCUT2D eigenvalue weighted by atomic mass is 9.84. The molecule has 2 aliphatic rings. The molecule has 18 heavy (non-hydrogen) atoms. The molecule has 2 unspecified atom stereocenters. The SMILES string of the molecule is CC1CNC(C(C)(C)C)CN1C1CCN(C)CC1. The number of piperazine rings is 1. The summed E-state index contributed by atoms with van der Waals surface area (Å²) in [5, 5.41) is 3.73. The number of nitrogens with zero attached hydrogens (tertiary/aromatic N) is 2. The number of rotatable bonds is 1. The van der Waals surface area contributed by atoms with Gasteiger partial charge in [-0.15, -0.1) is 0 Å². The lowest BCUT2D eigenvalue weighted by Gasteiger charge is -2.48. The summed E-state index contributed by atoms with van der Waals surface area (Å²) in [5.74, 6) is 0. The fourth-order valence-corrected chi connectivity index (χ4v) is 3.30. The van der Waals surface area contributed by atoms with Crippen LogP contribution in [-0.4, -0.2) is 61.2 Å². The Morgan fingerprint density at radius 2 is 1.72 bits per heavy atom. The smallest absolute Gasteiger partial charge is 0.0244 e. The number of piperidine rings is 1. The second-order valence-corrected chi connectivity index (χ2v) is 7.41. The minimum absolute atomic E-state index is 0.365. The van der Waals surface area contributed by atoms with Crippen LogP contribution in [0, 0.1) is 5.41 Å². The molecule has 2 fully saturated rings. The van der Waals surface area contributed by atoms with Crippen molar-refractivity contribution in [2.75, 3.05) is 33.2 Å². The second kappa shape index (κ2) is 5.48. The summed E-state index contributed by atoms with van der Waals surface area (Å²) in [5.41, 5.74) is 0.365. The first-order chi connectivity index (χ1) is 8.38. The third kappa shape index (κ3) is 3.25. The van der Waals surface area contributed by atoms with E-state index in [1.165, 1.54) is 32.5 Å². The Balaban J connectivity index is 1.97. The van der Waals surface area contributed by atoms with Crippen LogP contribution in [-0.2, 0) is 0 Å². The molecule has 0 aromatic heterocycles. The molecule has 0 spiro atoms. The van der Waals surface area contributed by atoms with Gasteiger partial charge in [-0.1, -0.05) is 20.8 Å². The highest BCUT2D eigenvalue weighted by atomic mass is 15.3. The first kappa shape index (κ1) is 14.3. The second-order valence-electron chi connectivity index (χ2n) is 7.41. The summed E-state index contributed by atoms with van der Waals surface area (Å²) < 4.78 is 0. The first-order valence-corrected chi connectivity index (χ1v) is 7.55. The molecular weight excluding hydrogens is 222 g/mol. The Hall–Kier alpha value is -0.120. The van der Waals surface area contributed by atoms with Crippen molar-refractivity contribution < 1.29 is 0 Å². The summed E-state index contributed by atoms with van der Waals surface area (Å²) >= 11 is 0. The van der Waals surface area contributed by atoms with Gasteiger partial charge < -0.3 is 10.2 Å². The van der Waals surface area contributed by atoms with Crippen molar-refractivity contribution in [2.24, 2.45) is 5.41 Å². The van der Waals surface area contributed by atoms with Gasteiger partial charge in [0.05, 0.1) is 0 Å². The molecular formula is C15H31N3. The summed E-state index contributed by atoms with van der Waals surface area (Å²) in [6.07, 6.45) is 2.69. The average Bonchev–Trinajstić information content (AvgIpc) is 2.29. The van der Waals surface area contributed by atoms with Crippen LogP contribution in [0.3, 0.4) is 0 Å². The topological polar surface area (TPSA) is 18.5 Å². The molecule has 0 radical (unpaired) electrons. The van der Waals surface area contributed by atoms with Gasteiger partial charge in [0.25, 0.3) is 0 Å². The van der Waals surface area contributed by atoms with Crippen molar-refractivity contribution in [1.29, 1.82) is 0 Å². The van der Waals surface area contributed by atoms with E-state index in [2.05, 4.69) is 49.9 Å². The minimum Gasteiger partial charge on any atom is -0.311 e. The lowest BCUT2D eigenvalue weighted by molar-refractivity contribution is 0.0316. The van der Waals surface area contributed by atoms with Crippen LogP contribution >= 0.6 is 0 Å². The molecule has 0 aromatic carbocycles. The molecule has 0 saturated carbocycles. The van der Waals surface area contributed by atoms with E-state index in [-0.39, 0.29) is 0 Å². The van der Waals surface area contributed by atoms with Crippen LogP contribution in [0.25, 0.3) is 0 Å². The van der Waals surface area contributed by atoms with Crippen LogP contribution in [0.15, 0.2) is 0 Å². The molecule has 106 valence electrons. The third-order valence-corrected chi connectivity index (χ3v) is 4.82. The lowest BCUT2D eigenvalue weighted by Crippen LogP contribution is -2.62. The monoisotopic (exact) mass is 253 g/mol. The third-order valence-electron chi connectivity index (χ3n) is 4.82. The minimum atomic E-state index is 0.365. The Labute approximate surface area is 113 Å². The van der Waals surface area contributed by atoms with Gasteiger partial charge in [0.15, 0.2) is 0 Å². The number of hydrogen-bond donors (Lipinski definition) is 1. The zero-order chi connectivity index (χ0) is 13.3. The maximum absolute atomic E-state index is 3.73. The van der Waals surface area contributed by atoms with Crippen LogP contribution in [0.2, 0.25) is 0 Å². The van der Waals surface area contributed by atoms with Gasteiger partial charge in [0.1, 0.15) is 0 Å². The average molecular weight is 253 g/mol. The molecule has 2 atom stereocenters. The Bertz CT molecular complexity index is 263. The molecule has 2 heterocycles. The van der Waals surface area contributed by atoms with Crippen molar-refractivity contribution in [2.45, 2.75) is 58.7 Å². The van der Waals surface area contributed by atoms with Gasteiger partial charge in [-0.25, -0.2) is 0 Å². The Kier molecular flexibility index (Phi) is 4.35. The van der Waals surface area contributed by atoms with Crippen molar-refractivity contribution in [3.63, 3.8) is 0 Å². The van der Waals surface area contributed by atoms with E-state index in [9.17, 15) is 0 Å². The van der Waals surface area contributed by atoms with Crippen LogP contribution in [0.1, 0.15) is 40.5 Å². The van der Waals surface area contributed by atoms with Gasteiger partial charge in [-0.2, -0.15) is 0 Å². The molecule has 2 aliphatic heterocycles. The Morgan fingerprint density at radius 3 is 2.28 bits per heavy atom. The highest BCUT2D eigenvalue weighted by Gasteiger charge is 2.36. The number of hydrogen-bond acceptors (Lipinski definition) is 3. The fraction of sp³-hybridized carbons (Fsp3) is 1.00. The van der Waals surface area contributed by atoms with E-state index in [1.807, 2.05) is 0 Å². The molecule has 0 bridgehead atoms. The first-order valence-electron chi connectivity index (χ1n) is 7.55. The zero-order valence-corrected chi connectivity index (χ0v) is 12.9. The summed E-state index contributed by atoms with van der Waals surface area (Å²) in [7, 11) is 2.25. The predicted molar refractivity (Wildman–Crippen MR) is 77.9 cm³/mol. The quantitative estimate of drug-likeness (QED) is 0.768. The highest BCUT2D eigenvalue weighted by Crippen LogP contribution is 2.27. The standard InChI is InChI=1S/C15H31N3/c1-12-10-16-14(15(2,3)4)11-18(12)13-6-8-17(5)9-7-13/h12-14,16H,6-11H2,1-5H3. The van der Waals surface area contributed by atoms with E-state index in [0.717, 1.165) is 12.6 Å². The van der Waals surface area contributed by atoms with Crippen molar-refractivity contribution in [3.05, 3.63) is 0 Å². The van der Waals surface area contributed by atoms with Crippen molar-refractivity contribution in [1.82, 2.24) is 15.1 Å². The molecule has 1 N–H and O–H groups in total. The van der Waals surface area contributed by atoms with Crippen LogP contribution < -0.4 is 5.32 Å². The summed E-state index contributed by atoms with van der Waals surface area (Å²) in [4.78, 5) is 5.24. The van der Waals surface area contributed by atoms with E-state index < -0.39 is 0 Å². The molecule has 0 amide bonds. The zero-order valence-electron chi connectivity index (χ0n) is 12.9. The maximum Gasteiger partial charge on any atom is 0.0244 e. The normalized spacial score (nSPS) is 33.8. The molecule has 2 saturated heterocycles. The van der Waals surface area contributed by atoms with Gasteiger partial charge in [-0.05, 0) is 45.3 Å².